The highest BCUT2D eigenvalue weighted by Gasteiger charge is 2.20. The van der Waals surface area contributed by atoms with Crippen LogP contribution in [0.3, 0.4) is 0 Å². The van der Waals surface area contributed by atoms with Crippen LogP contribution in [-0.2, 0) is 9.47 Å². The lowest BCUT2D eigenvalue weighted by Crippen LogP contribution is -2.15. The molecule has 0 amide bonds. The van der Waals surface area contributed by atoms with Gasteiger partial charge in [-0.2, -0.15) is 0 Å². The van der Waals surface area contributed by atoms with Crippen molar-refractivity contribution in [1.82, 2.24) is 9.55 Å². The second-order valence-corrected chi connectivity index (χ2v) is 8.06. The quantitative estimate of drug-likeness (QED) is 0.391. The number of aliphatic hydroxyl groups is 1. The number of aryl methyl sites for hydroxylation is 1. The lowest BCUT2D eigenvalue weighted by Gasteiger charge is -2.19. The van der Waals surface area contributed by atoms with Crippen LogP contribution in [0.2, 0.25) is 15.1 Å². The number of rotatable bonds is 11. The van der Waals surface area contributed by atoms with Crippen molar-refractivity contribution in [3.63, 3.8) is 0 Å². The average molecular weight is 502 g/mol. The van der Waals surface area contributed by atoms with Crippen molar-refractivity contribution in [1.29, 1.82) is 0 Å². The largest absolute Gasteiger partial charge is 0.477 e. The molecule has 0 radical (unpaired) electrons. The lowest BCUT2D eigenvalue weighted by molar-refractivity contribution is 0.0301. The Bertz CT molecular complexity index is 1120. The van der Waals surface area contributed by atoms with E-state index in [2.05, 4.69) is 4.98 Å². The number of aromatic nitrogens is 2. The van der Waals surface area contributed by atoms with E-state index in [1.807, 2.05) is 0 Å². The van der Waals surface area contributed by atoms with Gasteiger partial charge >= 0.3 is 0 Å². The molecule has 32 heavy (non-hydrogen) atoms. The Morgan fingerprint density at radius 2 is 1.69 bits per heavy atom. The molecule has 0 saturated carbocycles. The zero-order chi connectivity index (χ0) is 23.1. The Kier molecular flexibility index (Phi) is 9.16. The molecular formula is C22H23Cl3N2O5. The van der Waals surface area contributed by atoms with E-state index >= 15 is 0 Å². The molecule has 0 atom stereocenters. The molecule has 0 aliphatic carbocycles. The summed E-state index contributed by atoms with van der Waals surface area (Å²) < 4.78 is 18.1. The maximum absolute atomic E-state index is 12.9. The Balaban J connectivity index is 1.85. The van der Waals surface area contributed by atoms with Crippen LogP contribution in [0.25, 0.3) is 16.6 Å². The first kappa shape index (κ1) is 24.8. The van der Waals surface area contributed by atoms with Gasteiger partial charge in [0.2, 0.25) is 5.88 Å². The van der Waals surface area contributed by atoms with Crippen LogP contribution >= 0.6 is 34.8 Å². The smallest absolute Gasteiger partial charge is 0.227 e. The van der Waals surface area contributed by atoms with E-state index in [1.54, 1.807) is 29.7 Å². The number of nitrogens with zero attached hydrogens (tertiary/aromatic N) is 2. The van der Waals surface area contributed by atoms with Crippen molar-refractivity contribution in [2.24, 2.45) is 0 Å². The summed E-state index contributed by atoms with van der Waals surface area (Å²) in [6.45, 7) is 3.63. The van der Waals surface area contributed by atoms with Gasteiger partial charge in [-0.3, -0.25) is 4.79 Å². The molecule has 0 fully saturated rings. The van der Waals surface area contributed by atoms with Crippen molar-refractivity contribution in [3.05, 3.63) is 61.4 Å². The van der Waals surface area contributed by atoms with Crippen LogP contribution in [0.15, 0.2) is 35.3 Å². The van der Waals surface area contributed by atoms with Gasteiger partial charge in [0.1, 0.15) is 5.39 Å². The topological polar surface area (TPSA) is 82.8 Å². The minimum absolute atomic E-state index is 0.0141. The van der Waals surface area contributed by atoms with Crippen LogP contribution in [0.1, 0.15) is 12.1 Å². The van der Waals surface area contributed by atoms with Gasteiger partial charge in [-0.25, -0.2) is 4.98 Å². The number of ether oxygens (including phenoxy) is 3. The minimum atomic E-state index is -0.265. The van der Waals surface area contributed by atoms with E-state index in [9.17, 15) is 4.79 Å². The van der Waals surface area contributed by atoms with Gasteiger partial charge in [-0.1, -0.05) is 40.9 Å². The number of hydrogen-bond donors (Lipinski definition) is 1. The Morgan fingerprint density at radius 3 is 2.38 bits per heavy atom. The third kappa shape index (κ3) is 5.73. The summed E-state index contributed by atoms with van der Waals surface area (Å²) in [7, 11) is 0. The first-order valence-electron chi connectivity index (χ1n) is 10.00. The third-order valence-electron chi connectivity index (χ3n) is 4.58. The molecule has 0 unspecified atom stereocenters. The van der Waals surface area contributed by atoms with E-state index in [4.69, 9.17) is 54.1 Å². The van der Waals surface area contributed by atoms with E-state index in [0.29, 0.717) is 59.8 Å². The molecule has 3 aromatic rings. The van der Waals surface area contributed by atoms with Gasteiger partial charge in [0.15, 0.2) is 5.43 Å². The van der Waals surface area contributed by atoms with Crippen molar-refractivity contribution >= 4 is 45.7 Å². The number of halogens is 3. The second kappa shape index (κ2) is 11.8. The van der Waals surface area contributed by atoms with Crippen molar-refractivity contribution in [2.75, 3.05) is 39.6 Å². The monoisotopic (exact) mass is 500 g/mol. The van der Waals surface area contributed by atoms with Gasteiger partial charge in [-0.05, 0) is 19.1 Å². The zero-order valence-electron chi connectivity index (χ0n) is 17.4. The Hall–Kier alpha value is -1.87. The highest BCUT2D eigenvalue weighted by molar-refractivity contribution is 6.38. The highest BCUT2D eigenvalue weighted by atomic mass is 35.5. The summed E-state index contributed by atoms with van der Waals surface area (Å²) in [5.74, 6) is 0.178. The maximum atomic E-state index is 12.9. The fourth-order valence-electron chi connectivity index (χ4n) is 3.22. The minimum Gasteiger partial charge on any atom is -0.477 e. The predicted molar refractivity (Wildman–Crippen MR) is 126 cm³/mol. The van der Waals surface area contributed by atoms with Crippen LogP contribution in [0.5, 0.6) is 5.88 Å². The first-order valence-corrected chi connectivity index (χ1v) is 11.1. The lowest BCUT2D eigenvalue weighted by atomic mass is 10.2. The molecule has 2 heterocycles. The Morgan fingerprint density at radius 1 is 1.00 bits per heavy atom. The summed E-state index contributed by atoms with van der Waals surface area (Å²) >= 11 is 19.3. The van der Waals surface area contributed by atoms with E-state index in [0.717, 1.165) is 0 Å². The van der Waals surface area contributed by atoms with Crippen LogP contribution in [0.4, 0.5) is 0 Å². The predicted octanol–water partition coefficient (Wildman–Crippen LogP) is 4.45. The SMILES string of the molecule is Cc1cc(=O)c2c(OCCCOCCOCCO)ncc(Cl)c2n1-c1c(Cl)cccc1Cl. The van der Waals surface area contributed by atoms with Gasteiger partial charge in [-0.15, -0.1) is 0 Å². The number of fused-ring (bicyclic) bond motifs is 1. The summed E-state index contributed by atoms with van der Waals surface area (Å²) in [6, 6.07) is 6.65. The third-order valence-corrected chi connectivity index (χ3v) is 5.46. The number of benzene rings is 1. The summed E-state index contributed by atoms with van der Waals surface area (Å²) in [6.07, 6.45) is 2.02. The van der Waals surface area contributed by atoms with Crippen LogP contribution in [0, 0.1) is 6.92 Å². The number of pyridine rings is 2. The van der Waals surface area contributed by atoms with E-state index < -0.39 is 0 Å². The number of para-hydroxylation sites is 1. The summed E-state index contributed by atoms with van der Waals surface area (Å²) in [4.78, 5) is 17.1. The molecule has 172 valence electrons. The molecule has 0 spiro atoms. The van der Waals surface area contributed by atoms with Crippen LogP contribution < -0.4 is 10.2 Å². The fourth-order valence-corrected chi connectivity index (χ4v) is 4.02. The molecule has 0 aliphatic rings. The maximum Gasteiger partial charge on any atom is 0.227 e. The molecule has 0 aliphatic heterocycles. The van der Waals surface area contributed by atoms with Gasteiger partial charge in [0.25, 0.3) is 0 Å². The molecular weight excluding hydrogens is 479 g/mol. The molecule has 1 aromatic carbocycles. The van der Waals surface area contributed by atoms with Crippen molar-refractivity contribution < 1.29 is 19.3 Å². The van der Waals surface area contributed by atoms with Gasteiger partial charge < -0.3 is 23.9 Å². The summed E-state index contributed by atoms with van der Waals surface area (Å²) in [5, 5.41) is 10.0. The van der Waals surface area contributed by atoms with E-state index in [-0.39, 0.29) is 34.9 Å². The summed E-state index contributed by atoms with van der Waals surface area (Å²) in [5.41, 5.74) is 1.30. The molecule has 1 N–H and O–H groups in total. The van der Waals surface area contributed by atoms with Gasteiger partial charge in [0, 0.05) is 24.8 Å². The number of hydrogen-bond acceptors (Lipinski definition) is 6. The van der Waals surface area contributed by atoms with Crippen molar-refractivity contribution in [2.45, 2.75) is 13.3 Å². The average Bonchev–Trinajstić information content (AvgIpc) is 2.75. The molecule has 3 rings (SSSR count). The molecule has 2 aromatic heterocycles. The Labute approximate surface area is 200 Å². The van der Waals surface area contributed by atoms with Crippen LogP contribution in [-0.4, -0.2) is 54.3 Å². The molecule has 10 heteroatoms. The first-order chi connectivity index (χ1) is 15.5. The molecule has 7 nitrogen and oxygen atoms in total. The highest BCUT2D eigenvalue weighted by Crippen LogP contribution is 2.35. The molecule has 0 bridgehead atoms. The normalized spacial score (nSPS) is 11.3. The molecule has 0 saturated heterocycles. The number of aliphatic hydroxyl groups excluding tert-OH is 1. The van der Waals surface area contributed by atoms with E-state index in [1.165, 1.54) is 12.3 Å². The second-order valence-electron chi connectivity index (χ2n) is 6.84. The zero-order valence-corrected chi connectivity index (χ0v) is 19.7. The standard InChI is InChI=1S/C22H23Cl3N2O5/c1-14-12-18(29)19-21(27(14)20-15(23)4-2-5-16(20)24)17(25)13-26-22(19)32-8-3-7-30-10-11-31-9-6-28/h2,4-5,12-13,28H,3,6-11H2,1H3. The van der Waals surface area contributed by atoms with Gasteiger partial charge in [0.05, 0.1) is 65.5 Å². The van der Waals surface area contributed by atoms with Crippen molar-refractivity contribution in [3.8, 4) is 11.6 Å². The fraction of sp³-hybridized carbons (Fsp3) is 0.364.